The SMILES string of the molecule is COc1ccc(C=CC2=CCN(C)CC2)cc1.Cl. The zero-order valence-electron chi connectivity index (χ0n) is 10.9. The van der Waals surface area contributed by atoms with Crippen molar-refractivity contribution in [3.63, 3.8) is 0 Å². The molecule has 1 aliphatic heterocycles. The van der Waals surface area contributed by atoms with Gasteiger partial charge >= 0.3 is 0 Å². The predicted molar refractivity (Wildman–Crippen MR) is 79.5 cm³/mol. The van der Waals surface area contributed by atoms with Crippen LogP contribution in [0.15, 0.2) is 42.0 Å². The lowest BCUT2D eigenvalue weighted by molar-refractivity contribution is 0.361. The van der Waals surface area contributed by atoms with Crippen molar-refractivity contribution >= 4 is 18.5 Å². The van der Waals surface area contributed by atoms with Crippen molar-refractivity contribution in [2.45, 2.75) is 6.42 Å². The Hall–Kier alpha value is -1.25. The molecule has 3 heteroatoms. The Morgan fingerprint density at radius 2 is 1.89 bits per heavy atom. The summed E-state index contributed by atoms with van der Waals surface area (Å²) in [5.74, 6) is 0.903. The second kappa shape index (κ2) is 7.24. The largest absolute Gasteiger partial charge is 0.497 e. The molecule has 0 saturated carbocycles. The topological polar surface area (TPSA) is 12.5 Å². The van der Waals surface area contributed by atoms with Gasteiger partial charge in [0.25, 0.3) is 0 Å². The summed E-state index contributed by atoms with van der Waals surface area (Å²) in [6, 6.07) is 8.13. The van der Waals surface area contributed by atoms with Gasteiger partial charge < -0.3 is 9.64 Å². The zero-order chi connectivity index (χ0) is 12.1. The van der Waals surface area contributed by atoms with Crippen LogP contribution in [0.5, 0.6) is 5.75 Å². The molecule has 0 spiro atoms. The summed E-state index contributed by atoms with van der Waals surface area (Å²) in [7, 11) is 3.84. The molecule has 0 bridgehead atoms. The highest BCUT2D eigenvalue weighted by atomic mass is 35.5. The van der Waals surface area contributed by atoms with Gasteiger partial charge in [0.05, 0.1) is 7.11 Å². The van der Waals surface area contributed by atoms with E-state index in [1.165, 1.54) is 11.1 Å². The Morgan fingerprint density at radius 3 is 2.44 bits per heavy atom. The van der Waals surface area contributed by atoms with E-state index in [-0.39, 0.29) is 12.4 Å². The van der Waals surface area contributed by atoms with Crippen molar-refractivity contribution in [3.8, 4) is 5.75 Å². The molecule has 0 aliphatic carbocycles. The predicted octanol–water partition coefficient (Wildman–Crippen LogP) is 3.39. The van der Waals surface area contributed by atoms with Crippen LogP contribution in [0.2, 0.25) is 0 Å². The lowest BCUT2D eigenvalue weighted by Gasteiger charge is -2.20. The van der Waals surface area contributed by atoms with E-state index in [2.05, 4.69) is 42.3 Å². The maximum Gasteiger partial charge on any atom is 0.118 e. The van der Waals surface area contributed by atoms with Crippen LogP contribution in [0.1, 0.15) is 12.0 Å². The lowest BCUT2D eigenvalue weighted by atomic mass is 10.1. The quantitative estimate of drug-likeness (QED) is 0.831. The molecule has 1 aromatic rings. The van der Waals surface area contributed by atoms with Crippen molar-refractivity contribution in [3.05, 3.63) is 47.6 Å². The number of ether oxygens (including phenoxy) is 1. The van der Waals surface area contributed by atoms with Crippen LogP contribution in [0.25, 0.3) is 6.08 Å². The van der Waals surface area contributed by atoms with E-state index in [4.69, 9.17) is 4.74 Å². The molecule has 1 heterocycles. The van der Waals surface area contributed by atoms with Crippen molar-refractivity contribution < 1.29 is 4.74 Å². The Morgan fingerprint density at radius 1 is 1.17 bits per heavy atom. The first-order valence-electron chi connectivity index (χ1n) is 5.97. The standard InChI is InChI=1S/C15H19NO.ClH/c1-16-11-9-14(10-12-16)4-3-13-5-7-15(17-2)8-6-13;/h3-9H,10-12H2,1-2H3;1H. The molecule has 0 N–H and O–H groups in total. The minimum Gasteiger partial charge on any atom is -0.497 e. The van der Waals surface area contributed by atoms with Gasteiger partial charge in [-0.2, -0.15) is 0 Å². The van der Waals surface area contributed by atoms with Crippen LogP contribution < -0.4 is 4.74 Å². The van der Waals surface area contributed by atoms with Crippen molar-refractivity contribution in [2.75, 3.05) is 27.2 Å². The summed E-state index contributed by atoms with van der Waals surface area (Å²) in [5.41, 5.74) is 2.64. The van der Waals surface area contributed by atoms with E-state index in [1.807, 2.05) is 12.1 Å². The molecule has 0 radical (unpaired) electrons. The maximum absolute atomic E-state index is 5.13. The molecular formula is C15H20ClNO. The monoisotopic (exact) mass is 265 g/mol. The van der Waals surface area contributed by atoms with E-state index in [1.54, 1.807) is 7.11 Å². The first-order valence-corrected chi connectivity index (χ1v) is 5.97. The van der Waals surface area contributed by atoms with Gasteiger partial charge in [-0.3, -0.25) is 0 Å². The van der Waals surface area contributed by atoms with Crippen molar-refractivity contribution in [1.82, 2.24) is 4.90 Å². The Kier molecular flexibility index (Phi) is 5.96. The molecule has 0 fully saturated rings. The van der Waals surface area contributed by atoms with Crippen LogP contribution in [-0.2, 0) is 0 Å². The minimum absolute atomic E-state index is 0. The Bertz CT molecular complexity index is 423. The number of benzene rings is 1. The van der Waals surface area contributed by atoms with E-state index in [9.17, 15) is 0 Å². The fraction of sp³-hybridized carbons (Fsp3) is 0.333. The number of halogens is 1. The van der Waals surface area contributed by atoms with Gasteiger partial charge in [-0.15, -0.1) is 12.4 Å². The van der Waals surface area contributed by atoms with Gasteiger partial charge in [-0.25, -0.2) is 0 Å². The number of rotatable bonds is 3. The number of hydrogen-bond acceptors (Lipinski definition) is 2. The van der Waals surface area contributed by atoms with Crippen LogP contribution in [0.3, 0.4) is 0 Å². The van der Waals surface area contributed by atoms with Gasteiger partial charge in [0.1, 0.15) is 5.75 Å². The number of allylic oxidation sites excluding steroid dienone is 1. The highest BCUT2D eigenvalue weighted by Gasteiger charge is 2.04. The van der Waals surface area contributed by atoms with Gasteiger partial charge in [0.2, 0.25) is 0 Å². The molecule has 0 amide bonds. The highest BCUT2D eigenvalue weighted by molar-refractivity contribution is 5.85. The molecule has 98 valence electrons. The molecule has 0 aromatic heterocycles. The first-order chi connectivity index (χ1) is 8.28. The molecule has 0 atom stereocenters. The smallest absolute Gasteiger partial charge is 0.118 e. The zero-order valence-corrected chi connectivity index (χ0v) is 11.7. The summed E-state index contributed by atoms with van der Waals surface area (Å²) in [5, 5.41) is 0. The van der Waals surface area contributed by atoms with E-state index >= 15 is 0 Å². The molecular weight excluding hydrogens is 246 g/mol. The van der Waals surface area contributed by atoms with Crippen LogP contribution >= 0.6 is 12.4 Å². The van der Waals surface area contributed by atoms with Crippen molar-refractivity contribution in [2.24, 2.45) is 0 Å². The molecule has 1 aromatic carbocycles. The highest BCUT2D eigenvalue weighted by Crippen LogP contribution is 2.15. The fourth-order valence-corrected chi connectivity index (χ4v) is 1.86. The molecule has 2 rings (SSSR count). The van der Waals surface area contributed by atoms with Crippen LogP contribution in [0, 0.1) is 0 Å². The molecule has 18 heavy (non-hydrogen) atoms. The fourth-order valence-electron chi connectivity index (χ4n) is 1.86. The number of likely N-dealkylation sites (N-methyl/N-ethyl adjacent to an activating group) is 1. The Balaban J connectivity index is 0.00000162. The summed E-state index contributed by atoms with van der Waals surface area (Å²) in [4.78, 5) is 2.32. The van der Waals surface area contributed by atoms with Gasteiger partial charge in [-0.1, -0.05) is 30.4 Å². The summed E-state index contributed by atoms with van der Waals surface area (Å²) < 4.78 is 5.13. The Labute approximate surface area is 115 Å². The normalized spacial score (nSPS) is 16.2. The van der Waals surface area contributed by atoms with E-state index in [0.717, 1.165) is 25.3 Å². The van der Waals surface area contributed by atoms with Gasteiger partial charge in [-0.05, 0) is 36.7 Å². The van der Waals surface area contributed by atoms with E-state index < -0.39 is 0 Å². The van der Waals surface area contributed by atoms with E-state index in [0.29, 0.717) is 0 Å². The van der Waals surface area contributed by atoms with Gasteiger partial charge in [0.15, 0.2) is 0 Å². The summed E-state index contributed by atoms with van der Waals surface area (Å²) in [6.07, 6.45) is 7.82. The average Bonchev–Trinajstić information content (AvgIpc) is 2.39. The first kappa shape index (κ1) is 14.8. The van der Waals surface area contributed by atoms with Crippen LogP contribution in [-0.4, -0.2) is 32.1 Å². The summed E-state index contributed by atoms with van der Waals surface area (Å²) in [6.45, 7) is 2.21. The van der Waals surface area contributed by atoms with Gasteiger partial charge in [0, 0.05) is 13.1 Å². The lowest BCUT2D eigenvalue weighted by Crippen LogP contribution is -2.23. The number of nitrogens with zero attached hydrogens (tertiary/aromatic N) is 1. The average molecular weight is 266 g/mol. The third-order valence-electron chi connectivity index (χ3n) is 3.05. The number of hydrogen-bond donors (Lipinski definition) is 0. The summed E-state index contributed by atoms with van der Waals surface area (Å²) >= 11 is 0. The maximum atomic E-state index is 5.13. The third-order valence-corrected chi connectivity index (χ3v) is 3.05. The second-order valence-electron chi connectivity index (χ2n) is 4.40. The molecule has 0 saturated heterocycles. The molecule has 2 nitrogen and oxygen atoms in total. The number of methoxy groups -OCH3 is 1. The van der Waals surface area contributed by atoms with Crippen molar-refractivity contribution in [1.29, 1.82) is 0 Å². The van der Waals surface area contributed by atoms with Crippen LogP contribution in [0.4, 0.5) is 0 Å². The molecule has 1 aliphatic rings. The molecule has 0 unspecified atom stereocenters. The third kappa shape index (κ3) is 4.21. The second-order valence-corrected chi connectivity index (χ2v) is 4.40. The minimum atomic E-state index is 0.